The van der Waals surface area contributed by atoms with Gasteiger partial charge in [0.15, 0.2) is 5.13 Å². The second kappa shape index (κ2) is 5.77. The SMILES string of the molecule is Cc1ccncc1CNc1nc(C(N)C(=O)O)cs1. The number of carboxylic acid groups (broad SMARTS) is 1. The van der Waals surface area contributed by atoms with E-state index in [1.165, 1.54) is 11.3 Å². The third-order valence-electron chi connectivity index (χ3n) is 2.68. The molecule has 2 aromatic heterocycles. The van der Waals surface area contributed by atoms with Crippen LogP contribution in [0.15, 0.2) is 23.8 Å². The van der Waals surface area contributed by atoms with Gasteiger partial charge in [-0.25, -0.2) is 4.98 Å². The number of aromatic nitrogens is 2. The Bertz CT molecular complexity index is 585. The molecule has 0 fully saturated rings. The van der Waals surface area contributed by atoms with E-state index in [1.807, 2.05) is 13.0 Å². The fourth-order valence-corrected chi connectivity index (χ4v) is 2.23. The van der Waals surface area contributed by atoms with Gasteiger partial charge in [-0.2, -0.15) is 0 Å². The molecule has 0 aliphatic heterocycles. The first-order valence-corrected chi connectivity index (χ1v) is 6.53. The fraction of sp³-hybridized carbons (Fsp3) is 0.250. The van der Waals surface area contributed by atoms with Gasteiger partial charge in [-0.05, 0) is 24.1 Å². The third-order valence-corrected chi connectivity index (χ3v) is 3.50. The summed E-state index contributed by atoms with van der Waals surface area (Å²) >= 11 is 1.33. The lowest BCUT2D eigenvalue weighted by atomic mass is 10.2. The van der Waals surface area contributed by atoms with Crippen LogP contribution in [-0.4, -0.2) is 21.0 Å². The highest BCUT2D eigenvalue weighted by atomic mass is 32.1. The van der Waals surface area contributed by atoms with Gasteiger partial charge in [-0.3, -0.25) is 9.78 Å². The quantitative estimate of drug-likeness (QED) is 0.767. The van der Waals surface area contributed by atoms with Crippen LogP contribution in [0.4, 0.5) is 5.13 Å². The van der Waals surface area contributed by atoms with Crippen molar-refractivity contribution in [1.82, 2.24) is 9.97 Å². The number of aryl methyl sites for hydroxylation is 1. The number of pyridine rings is 1. The van der Waals surface area contributed by atoms with Crippen LogP contribution >= 0.6 is 11.3 Å². The van der Waals surface area contributed by atoms with E-state index >= 15 is 0 Å². The van der Waals surface area contributed by atoms with Crippen molar-refractivity contribution < 1.29 is 9.90 Å². The highest BCUT2D eigenvalue weighted by Crippen LogP contribution is 2.20. The number of carbonyl (C=O) groups is 1. The number of rotatable bonds is 5. The second-order valence-corrected chi connectivity index (χ2v) is 4.91. The van der Waals surface area contributed by atoms with E-state index in [0.29, 0.717) is 17.4 Å². The van der Waals surface area contributed by atoms with E-state index in [2.05, 4.69) is 15.3 Å². The van der Waals surface area contributed by atoms with E-state index in [4.69, 9.17) is 10.8 Å². The molecule has 0 radical (unpaired) electrons. The Balaban J connectivity index is 2.01. The van der Waals surface area contributed by atoms with Crippen LogP contribution in [0.3, 0.4) is 0 Å². The van der Waals surface area contributed by atoms with Gasteiger partial charge in [0.25, 0.3) is 0 Å². The zero-order valence-electron chi connectivity index (χ0n) is 10.3. The smallest absolute Gasteiger partial charge is 0.326 e. The number of nitrogens with zero attached hydrogens (tertiary/aromatic N) is 2. The maximum atomic E-state index is 10.7. The summed E-state index contributed by atoms with van der Waals surface area (Å²) in [5.74, 6) is -1.08. The highest BCUT2D eigenvalue weighted by Gasteiger charge is 2.17. The van der Waals surface area contributed by atoms with Crippen LogP contribution in [-0.2, 0) is 11.3 Å². The number of anilines is 1. The lowest BCUT2D eigenvalue weighted by molar-refractivity contribution is -0.138. The number of nitrogens with two attached hydrogens (primary N) is 1. The van der Waals surface area contributed by atoms with Gasteiger partial charge in [-0.15, -0.1) is 11.3 Å². The van der Waals surface area contributed by atoms with Crippen molar-refractivity contribution in [3.63, 3.8) is 0 Å². The number of thiazole rings is 1. The van der Waals surface area contributed by atoms with Gasteiger partial charge in [0, 0.05) is 24.3 Å². The molecule has 0 aromatic carbocycles. The molecule has 1 unspecified atom stereocenters. The van der Waals surface area contributed by atoms with Gasteiger partial charge >= 0.3 is 5.97 Å². The molecule has 4 N–H and O–H groups in total. The predicted molar refractivity (Wildman–Crippen MR) is 73.0 cm³/mol. The number of hydrogen-bond donors (Lipinski definition) is 3. The van der Waals surface area contributed by atoms with Crippen LogP contribution in [0.2, 0.25) is 0 Å². The molecule has 0 aliphatic rings. The Morgan fingerprint density at radius 3 is 3.11 bits per heavy atom. The Labute approximate surface area is 114 Å². The Morgan fingerprint density at radius 2 is 2.42 bits per heavy atom. The second-order valence-electron chi connectivity index (χ2n) is 4.05. The molecular formula is C12H14N4O2S. The molecule has 100 valence electrons. The first-order chi connectivity index (χ1) is 9.08. The van der Waals surface area contributed by atoms with Crippen LogP contribution in [0.1, 0.15) is 22.9 Å². The summed E-state index contributed by atoms with van der Waals surface area (Å²) < 4.78 is 0. The zero-order valence-corrected chi connectivity index (χ0v) is 11.1. The fourth-order valence-electron chi connectivity index (χ4n) is 1.49. The molecule has 7 heteroatoms. The van der Waals surface area contributed by atoms with E-state index in [1.54, 1.807) is 17.8 Å². The Kier molecular flexibility index (Phi) is 4.08. The highest BCUT2D eigenvalue weighted by molar-refractivity contribution is 7.13. The summed E-state index contributed by atoms with van der Waals surface area (Å²) in [5.41, 5.74) is 8.06. The maximum absolute atomic E-state index is 10.7. The van der Waals surface area contributed by atoms with E-state index in [0.717, 1.165) is 11.1 Å². The van der Waals surface area contributed by atoms with Crippen molar-refractivity contribution in [3.05, 3.63) is 40.7 Å². The average molecular weight is 278 g/mol. The minimum Gasteiger partial charge on any atom is -0.480 e. The standard InChI is InChI=1S/C12H14N4O2S/c1-7-2-3-14-4-8(7)5-15-12-16-9(6-19-12)10(13)11(17)18/h2-4,6,10H,5,13H2,1H3,(H,15,16)(H,17,18). The molecule has 6 nitrogen and oxygen atoms in total. The molecular weight excluding hydrogens is 264 g/mol. The average Bonchev–Trinajstić information content (AvgIpc) is 2.85. The summed E-state index contributed by atoms with van der Waals surface area (Å²) in [4.78, 5) is 19.0. The molecule has 0 amide bonds. The molecule has 2 rings (SSSR count). The van der Waals surface area contributed by atoms with Gasteiger partial charge in [0.1, 0.15) is 6.04 Å². The van der Waals surface area contributed by atoms with Crippen LogP contribution in [0.25, 0.3) is 0 Å². The minimum atomic E-state index is -1.08. The lowest BCUT2D eigenvalue weighted by Crippen LogP contribution is -2.20. The molecule has 0 aliphatic carbocycles. The van der Waals surface area contributed by atoms with E-state index in [-0.39, 0.29) is 0 Å². The number of carboxylic acids is 1. The van der Waals surface area contributed by atoms with Crippen LogP contribution in [0, 0.1) is 6.92 Å². The zero-order chi connectivity index (χ0) is 13.8. The van der Waals surface area contributed by atoms with Crippen molar-refractivity contribution in [3.8, 4) is 0 Å². The molecule has 2 heterocycles. The van der Waals surface area contributed by atoms with Gasteiger partial charge in [0.05, 0.1) is 5.69 Å². The van der Waals surface area contributed by atoms with Gasteiger partial charge < -0.3 is 16.2 Å². The van der Waals surface area contributed by atoms with E-state index < -0.39 is 12.0 Å². The first kappa shape index (κ1) is 13.4. The summed E-state index contributed by atoms with van der Waals surface area (Å²) in [6.45, 7) is 2.60. The normalized spacial score (nSPS) is 12.1. The van der Waals surface area contributed by atoms with Gasteiger partial charge in [-0.1, -0.05) is 0 Å². The van der Waals surface area contributed by atoms with Crippen LogP contribution in [0.5, 0.6) is 0 Å². The summed E-state index contributed by atoms with van der Waals surface area (Å²) in [5, 5.41) is 14.2. The Morgan fingerprint density at radius 1 is 1.63 bits per heavy atom. The molecule has 1 atom stereocenters. The molecule has 0 spiro atoms. The van der Waals surface area contributed by atoms with Crippen molar-refractivity contribution in [2.75, 3.05) is 5.32 Å². The number of hydrogen-bond acceptors (Lipinski definition) is 6. The van der Waals surface area contributed by atoms with Crippen LogP contribution < -0.4 is 11.1 Å². The third kappa shape index (κ3) is 3.27. The molecule has 0 bridgehead atoms. The molecule has 19 heavy (non-hydrogen) atoms. The van der Waals surface area contributed by atoms with Crippen molar-refractivity contribution >= 4 is 22.4 Å². The number of nitrogens with one attached hydrogen (secondary N) is 1. The summed E-state index contributed by atoms with van der Waals surface area (Å²) in [6, 6.07) is 0.858. The first-order valence-electron chi connectivity index (χ1n) is 5.65. The summed E-state index contributed by atoms with van der Waals surface area (Å²) in [6.07, 6.45) is 3.53. The largest absolute Gasteiger partial charge is 0.480 e. The molecule has 0 saturated heterocycles. The monoisotopic (exact) mass is 278 g/mol. The molecule has 0 saturated carbocycles. The summed E-state index contributed by atoms with van der Waals surface area (Å²) in [7, 11) is 0. The molecule has 2 aromatic rings. The van der Waals surface area contributed by atoms with Gasteiger partial charge in [0.2, 0.25) is 0 Å². The van der Waals surface area contributed by atoms with Crippen molar-refractivity contribution in [1.29, 1.82) is 0 Å². The van der Waals surface area contributed by atoms with E-state index in [9.17, 15) is 4.79 Å². The Hall–Kier alpha value is -1.99. The lowest BCUT2D eigenvalue weighted by Gasteiger charge is -2.05. The van der Waals surface area contributed by atoms with Crippen molar-refractivity contribution in [2.45, 2.75) is 19.5 Å². The maximum Gasteiger partial charge on any atom is 0.326 e. The minimum absolute atomic E-state index is 0.364. The number of aliphatic carboxylic acids is 1. The predicted octanol–water partition coefficient (Wildman–Crippen LogP) is 1.54. The van der Waals surface area contributed by atoms with Crippen molar-refractivity contribution in [2.24, 2.45) is 5.73 Å². The topological polar surface area (TPSA) is 101 Å².